The van der Waals surface area contributed by atoms with E-state index >= 15 is 0 Å². The van der Waals surface area contributed by atoms with Gasteiger partial charge in [0.2, 0.25) is 11.8 Å². The van der Waals surface area contributed by atoms with E-state index in [0.717, 1.165) is 26.9 Å². The zero-order valence-electron chi connectivity index (χ0n) is 19.7. The van der Waals surface area contributed by atoms with E-state index in [0.29, 0.717) is 24.9 Å². The number of aromatic nitrogens is 1. The summed E-state index contributed by atoms with van der Waals surface area (Å²) in [6.45, 7) is 2.36. The van der Waals surface area contributed by atoms with E-state index in [-0.39, 0.29) is 29.9 Å². The number of imide groups is 2. The van der Waals surface area contributed by atoms with Gasteiger partial charge in [0.25, 0.3) is 17.7 Å². The molecule has 0 spiro atoms. The molecule has 2 aliphatic rings. The van der Waals surface area contributed by atoms with Crippen LogP contribution in [0.5, 0.6) is 0 Å². The lowest BCUT2D eigenvalue weighted by molar-refractivity contribution is -0.136. The molecule has 1 atom stereocenters. The maximum atomic E-state index is 13.0. The lowest BCUT2D eigenvalue weighted by Gasteiger charge is -2.27. The quantitative estimate of drug-likeness (QED) is 0.409. The van der Waals surface area contributed by atoms with Gasteiger partial charge in [-0.25, -0.2) is 0 Å². The summed E-state index contributed by atoms with van der Waals surface area (Å²) < 4.78 is 0. The molecule has 0 bridgehead atoms. The number of rotatable bonds is 6. The number of carbonyl (C=O) groups is 5. The number of piperidine rings is 1. The normalized spacial score (nSPS) is 17.4. The highest BCUT2D eigenvalue weighted by molar-refractivity contribution is 6.23. The van der Waals surface area contributed by atoms with Crippen LogP contribution in [0.15, 0.2) is 48.7 Å². The molecule has 5 amide bonds. The first kappa shape index (κ1) is 23.3. The summed E-state index contributed by atoms with van der Waals surface area (Å²) in [5, 5.41) is 6.03. The van der Waals surface area contributed by atoms with Gasteiger partial charge in [-0.1, -0.05) is 12.1 Å². The third kappa shape index (κ3) is 4.24. The summed E-state index contributed by atoms with van der Waals surface area (Å²) >= 11 is 0. The number of carbonyl (C=O) groups excluding carboxylic acids is 5. The molecule has 1 fully saturated rings. The van der Waals surface area contributed by atoms with Gasteiger partial charge in [-0.15, -0.1) is 0 Å². The molecule has 1 saturated heterocycles. The molecule has 3 heterocycles. The van der Waals surface area contributed by atoms with E-state index in [4.69, 9.17) is 0 Å². The minimum atomic E-state index is -0.983. The van der Waals surface area contributed by atoms with Crippen LogP contribution in [0.3, 0.4) is 0 Å². The second-order valence-corrected chi connectivity index (χ2v) is 9.05. The van der Waals surface area contributed by atoms with Crippen molar-refractivity contribution in [3.8, 4) is 0 Å². The minimum absolute atomic E-state index is 0.0798. The Labute approximate surface area is 206 Å². The van der Waals surface area contributed by atoms with Crippen LogP contribution in [0, 0.1) is 6.92 Å². The Bertz CT molecular complexity index is 1450. The summed E-state index contributed by atoms with van der Waals surface area (Å²) in [7, 11) is 0. The Morgan fingerprint density at radius 1 is 1.08 bits per heavy atom. The highest BCUT2D eigenvalue weighted by atomic mass is 16.2. The predicted octanol–water partition coefficient (Wildman–Crippen LogP) is 2.31. The molecular weight excluding hydrogens is 460 g/mol. The second kappa shape index (κ2) is 9.33. The largest absolute Gasteiger partial charge is 0.352 e. The molecule has 0 aliphatic carbocycles. The van der Waals surface area contributed by atoms with Crippen molar-refractivity contribution in [2.75, 3.05) is 6.54 Å². The van der Waals surface area contributed by atoms with Gasteiger partial charge in [0.1, 0.15) is 6.04 Å². The Morgan fingerprint density at radius 3 is 2.69 bits per heavy atom. The van der Waals surface area contributed by atoms with E-state index in [9.17, 15) is 24.0 Å². The van der Waals surface area contributed by atoms with Crippen molar-refractivity contribution in [3.63, 3.8) is 0 Å². The van der Waals surface area contributed by atoms with Crippen molar-refractivity contribution in [2.24, 2.45) is 0 Å². The van der Waals surface area contributed by atoms with E-state index in [1.807, 2.05) is 31.2 Å². The molecule has 2 N–H and O–H groups in total. The average Bonchev–Trinajstić information content (AvgIpc) is 3.11. The fraction of sp³-hybridized carbons (Fsp3) is 0.259. The number of benzene rings is 2. The molecule has 9 nitrogen and oxygen atoms in total. The number of pyridine rings is 1. The van der Waals surface area contributed by atoms with Crippen LogP contribution in [0.1, 0.15) is 61.5 Å². The smallest absolute Gasteiger partial charge is 0.262 e. The molecule has 5 rings (SSSR count). The van der Waals surface area contributed by atoms with Crippen molar-refractivity contribution in [1.29, 1.82) is 0 Å². The number of aryl methyl sites for hydroxylation is 2. The number of nitrogens with zero attached hydrogens (tertiary/aromatic N) is 2. The highest BCUT2D eigenvalue weighted by Gasteiger charge is 2.44. The predicted molar refractivity (Wildman–Crippen MR) is 130 cm³/mol. The molecule has 1 unspecified atom stereocenters. The maximum absolute atomic E-state index is 13.0. The van der Waals surface area contributed by atoms with Crippen molar-refractivity contribution in [2.45, 2.75) is 38.6 Å². The molecule has 0 saturated carbocycles. The summed E-state index contributed by atoms with van der Waals surface area (Å²) in [4.78, 5) is 67.3. The first-order valence-electron chi connectivity index (χ1n) is 11.8. The SMILES string of the molecule is Cc1cc(C(=O)NCCCc2ccc3c(c2)C(=O)N(C2CCC(=O)NC2=O)C3=O)cc2cccnc12. The van der Waals surface area contributed by atoms with Crippen LogP contribution in [0.25, 0.3) is 10.9 Å². The van der Waals surface area contributed by atoms with Gasteiger partial charge in [-0.05, 0) is 67.6 Å². The fourth-order valence-electron chi connectivity index (χ4n) is 4.78. The van der Waals surface area contributed by atoms with E-state index in [1.165, 1.54) is 0 Å². The third-order valence-electron chi connectivity index (χ3n) is 6.59. The molecule has 3 aromatic rings. The van der Waals surface area contributed by atoms with E-state index in [2.05, 4.69) is 15.6 Å². The Kier molecular flexibility index (Phi) is 6.05. The van der Waals surface area contributed by atoms with Gasteiger partial charge in [0.05, 0.1) is 16.6 Å². The fourth-order valence-corrected chi connectivity index (χ4v) is 4.78. The number of hydrogen-bond acceptors (Lipinski definition) is 6. The number of hydrogen-bond donors (Lipinski definition) is 2. The third-order valence-corrected chi connectivity index (χ3v) is 6.59. The van der Waals surface area contributed by atoms with Crippen molar-refractivity contribution < 1.29 is 24.0 Å². The molecular formula is C27H24N4O5. The van der Waals surface area contributed by atoms with E-state index < -0.39 is 29.7 Å². The summed E-state index contributed by atoms with van der Waals surface area (Å²) in [5.41, 5.74) is 3.73. The lowest BCUT2D eigenvalue weighted by Crippen LogP contribution is -2.54. The van der Waals surface area contributed by atoms with Crippen LogP contribution in [0.2, 0.25) is 0 Å². The number of amides is 5. The zero-order valence-corrected chi connectivity index (χ0v) is 19.7. The lowest BCUT2D eigenvalue weighted by atomic mass is 10.0. The van der Waals surface area contributed by atoms with Crippen LogP contribution >= 0.6 is 0 Å². The van der Waals surface area contributed by atoms with Gasteiger partial charge in [-0.2, -0.15) is 0 Å². The van der Waals surface area contributed by atoms with Crippen LogP contribution < -0.4 is 10.6 Å². The molecule has 2 aliphatic heterocycles. The van der Waals surface area contributed by atoms with Crippen LogP contribution in [-0.2, 0) is 16.0 Å². The molecule has 1 aromatic heterocycles. The number of nitrogens with one attached hydrogen (secondary N) is 2. The topological polar surface area (TPSA) is 126 Å². The molecule has 182 valence electrons. The van der Waals surface area contributed by atoms with E-state index in [1.54, 1.807) is 24.4 Å². The second-order valence-electron chi connectivity index (χ2n) is 9.05. The van der Waals surface area contributed by atoms with Crippen molar-refractivity contribution >= 4 is 40.4 Å². The van der Waals surface area contributed by atoms with Crippen molar-refractivity contribution in [3.05, 3.63) is 76.5 Å². The van der Waals surface area contributed by atoms with Gasteiger partial charge >= 0.3 is 0 Å². The zero-order chi connectivity index (χ0) is 25.4. The van der Waals surface area contributed by atoms with Gasteiger partial charge in [-0.3, -0.25) is 39.2 Å². The highest BCUT2D eigenvalue weighted by Crippen LogP contribution is 2.28. The van der Waals surface area contributed by atoms with Gasteiger partial charge < -0.3 is 5.32 Å². The summed E-state index contributed by atoms with van der Waals surface area (Å²) in [6.07, 6.45) is 3.15. The Hall–Kier alpha value is -4.40. The van der Waals surface area contributed by atoms with Gasteiger partial charge in [0.15, 0.2) is 0 Å². The Balaban J connectivity index is 1.20. The van der Waals surface area contributed by atoms with Crippen molar-refractivity contribution in [1.82, 2.24) is 20.5 Å². The molecule has 9 heteroatoms. The summed E-state index contributed by atoms with van der Waals surface area (Å²) in [5.74, 6) is -2.26. The summed E-state index contributed by atoms with van der Waals surface area (Å²) in [6, 6.07) is 11.5. The monoisotopic (exact) mass is 484 g/mol. The van der Waals surface area contributed by atoms with Crippen LogP contribution in [0.4, 0.5) is 0 Å². The first-order valence-corrected chi connectivity index (χ1v) is 11.8. The molecule has 36 heavy (non-hydrogen) atoms. The standard InChI is InChI=1S/C27H24N4O5/c1-15-12-18(14-17-5-3-10-28-23(15)17)24(33)29-11-2-4-16-6-7-19-20(13-16)27(36)31(26(19)35)21-8-9-22(32)30-25(21)34/h3,5-7,10,12-14,21H,2,4,8-9,11H2,1H3,(H,29,33)(H,30,32,34). The maximum Gasteiger partial charge on any atom is 0.262 e. The Morgan fingerprint density at radius 2 is 1.89 bits per heavy atom. The van der Waals surface area contributed by atoms with Gasteiger partial charge in [0, 0.05) is 30.1 Å². The molecule has 0 radical (unpaired) electrons. The number of fused-ring (bicyclic) bond motifs is 2. The average molecular weight is 485 g/mol. The molecule has 2 aromatic carbocycles. The minimum Gasteiger partial charge on any atom is -0.352 e. The van der Waals surface area contributed by atoms with Crippen LogP contribution in [-0.4, -0.2) is 52.0 Å². The first-order chi connectivity index (χ1) is 17.3.